The molecular weight excluding hydrogens is 346 g/mol. The van der Waals surface area contributed by atoms with E-state index in [2.05, 4.69) is 6.92 Å². The second kappa shape index (κ2) is 8.63. The summed E-state index contributed by atoms with van der Waals surface area (Å²) >= 11 is 0. The molecule has 0 aromatic heterocycles. The highest BCUT2D eigenvalue weighted by Crippen LogP contribution is 2.44. The molecule has 0 radical (unpaired) electrons. The van der Waals surface area contributed by atoms with Crippen LogP contribution in [0.1, 0.15) is 49.9 Å². The third kappa shape index (κ3) is 4.54. The van der Waals surface area contributed by atoms with Crippen LogP contribution >= 0.6 is 0 Å². The third-order valence-corrected chi connectivity index (χ3v) is 5.44. The molecule has 1 aliphatic heterocycles. The maximum atomic E-state index is 13.0. The molecule has 2 aliphatic rings. The summed E-state index contributed by atoms with van der Waals surface area (Å²) in [5, 5.41) is 9.51. The number of carbonyl (C=O) groups excluding carboxylic acids is 1. The Balaban J connectivity index is 1.73. The Labute approximate surface area is 160 Å². The van der Waals surface area contributed by atoms with E-state index in [1.807, 2.05) is 6.92 Å². The predicted molar refractivity (Wildman–Crippen MR) is 101 cm³/mol. The fourth-order valence-electron chi connectivity index (χ4n) is 3.80. The van der Waals surface area contributed by atoms with Crippen LogP contribution in [0.15, 0.2) is 18.2 Å². The molecular formula is C21H29NO5. The molecule has 0 bridgehead atoms. The summed E-state index contributed by atoms with van der Waals surface area (Å²) in [5.74, 6) is 0.355. The van der Waals surface area contributed by atoms with Crippen molar-refractivity contribution < 1.29 is 24.2 Å². The van der Waals surface area contributed by atoms with Gasteiger partial charge in [0, 0.05) is 18.7 Å². The van der Waals surface area contributed by atoms with Gasteiger partial charge in [-0.25, -0.2) is 0 Å². The van der Waals surface area contributed by atoms with Crippen molar-refractivity contribution in [2.45, 2.75) is 39.5 Å². The Kier molecular flexibility index (Phi) is 6.24. The Hall–Kier alpha value is -2.24. The Morgan fingerprint density at radius 1 is 1.15 bits per heavy atom. The predicted octanol–water partition coefficient (Wildman–Crippen LogP) is 3.45. The second-order valence-electron chi connectivity index (χ2n) is 7.45. The van der Waals surface area contributed by atoms with E-state index in [1.54, 1.807) is 23.1 Å². The van der Waals surface area contributed by atoms with Crippen LogP contribution in [0.5, 0.6) is 11.5 Å². The number of carbonyl (C=O) groups is 2. The number of benzene rings is 1. The summed E-state index contributed by atoms with van der Waals surface area (Å²) in [5.41, 5.74) is 0.516. The van der Waals surface area contributed by atoms with Crippen LogP contribution in [0.4, 0.5) is 0 Å². The Bertz CT molecular complexity index is 685. The van der Waals surface area contributed by atoms with E-state index in [4.69, 9.17) is 9.47 Å². The first-order valence-corrected chi connectivity index (χ1v) is 9.96. The van der Waals surface area contributed by atoms with E-state index in [0.717, 1.165) is 25.7 Å². The number of amides is 1. The maximum Gasteiger partial charge on any atom is 0.308 e. The smallest absolute Gasteiger partial charge is 0.308 e. The third-order valence-electron chi connectivity index (χ3n) is 5.44. The van der Waals surface area contributed by atoms with Crippen molar-refractivity contribution in [2.75, 3.05) is 26.3 Å². The molecule has 1 aliphatic carbocycles. The van der Waals surface area contributed by atoms with Crippen LogP contribution in [-0.2, 0) is 4.79 Å². The Morgan fingerprint density at radius 2 is 1.93 bits per heavy atom. The van der Waals surface area contributed by atoms with Gasteiger partial charge in [-0.05, 0) is 56.2 Å². The SMILES string of the molecule is CCCCOc1ccc(C(=O)N2C[C@H](C(=O)O)[C@@H](C3CC3)C2)cc1OCC. The minimum Gasteiger partial charge on any atom is -0.490 e. The molecule has 1 saturated heterocycles. The number of unbranched alkanes of at least 4 members (excludes halogenated alkanes) is 1. The molecule has 1 amide bonds. The molecule has 1 aromatic rings. The zero-order valence-electron chi connectivity index (χ0n) is 16.1. The fourth-order valence-corrected chi connectivity index (χ4v) is 3.80. The number of aliphatic carboxylic acids is 1. The standard InChI is InChI=1S/C21H29NO5/c1-3-5-10-27-18-9-8-15(11-19(18)26-4-2)20(23)22-12-16(14-6-7-14)17(13-22)21(24)25/h8-9,11,14,16-17H,3-7,10,12-13H2,1-2H3,(H,24,25)/t16-,17+/m1/s1. The van der Waals surface area contributed by atoms with Gasteiger partial charge in [0.2, 0.25) is 0 Å². The average molecular weight is 375 g/mol. The first-order chi connectivity index (χ1) is 13.0. The Morgan fingerprint density at radius 3 is 2.56 bits per heavy atom. The van der Waals surface area contributed by atoms with Gasteiger partial charge in [0.1, 0.15) is 0 Å². The summed E-state index contributed by atoms with van der Waals surface area (Å²) in [7, 11) is 0. The number of carboxylic acids is 1. The highest BCUT2D eigenvalue weighted by atomic mass is 16.5. The van der Waals surface area contributed by atoms with Gasteiger partial charge in [-0.1, -0.05) is 13.3 Å². The van der Waals surface area contributed by atoms with Gasteiger partial charge in [0.25, 0.3) is 5.91 Å². The number of hydrogen-bond donors (Lipinski definition) is 1. The zero-order valence-corrected chi connectivity index (χ0v) is 16.1. The molecule has 2 fully saturated rings. The van der Waals surface area contributed by atoms with Crippen LogP contribution in [-0.4, -0.2) is 48.2 Å². The summed E-state index contributed by atoms with van der Waals surface area (Å²) in [6.45, 7) is 5.90. The lowest BCUT2D eigenvalue weighted by Crippen LogP contribution is -2.30. The zero-order chi connectivity index (χ0) is 19.4. The van der Waals surface area contributed by atoms with Crippen LogP contribution in [0.25, 0.3) is 0 Å². The van der Waals surface area contributed by atoms with Crippen molar-refractivity contribution in [3.05, 3.63) is 23.8 Å². The number of carboxylic acid groups (broad SMARTS) is 1. The van der Waals surface area contributed by atoms with Crippen molar-refractivity contribution in [1.29, 1.82) is 0 Å². The molecule has 1 N–H and O–H groups in total. The van der Waals surface area contributed by atoms with Gasteiger partial charge in [-0.15, -0.1) is 0 Å². The van der Waals surface area contributed by atoms with Crippen molar-refractivity contribution in [3.8, 4) is 11.5 Å². The summed E-state index contributed by atoms with van der Waals surface area (Å²) in [4.78, 5) is 26.2. The van der Waals surface area contributed by atoms with Crippen molar-refractivity contribution >= 4 is 11.9 Å². The van der Waals surface area contributed by atoms with E-state index in [1.165, 1.54) is 0 Å². The van der Waals surface area contributed by atoms with E-state index >= 15 is 0 Å². The topological polar surface area (TPSA) is 76.1 Å². The van der Waals surface area contributed by atoms with E-state index in [-0.39, 0.29) is 18.4 Å². The van der Waals surface area contributed by atoms with Crippen LogP contribution in [0.3, 0.4) is 0 Å². The number of nitrogens with zero attached hydrogens (tertiary/aromatic N) is 1. The quantitative estimate of drug-likeness (QED) is 0.669. The lowest BCUT2D eigenvalue weighted by Gasteiger charge is -2.18. The van der Waals surface area contributed by atoms with Crippen molar-refractivity contribution in [3.63, 3.8) is 0 Å². The number of hydrogen-bond acceptors (Lipinski definition) is 4. The van der Waals surface area contributed by atoms with Crippen molar-refractivity contribution in [1.82, 2.24) is 4.90 Å². The van der Waals surface area contributed by atoms with Crippen molar-refractivity contribution in [2.24, 2.45) is 17.8 Å². The molecule has 0 spiro atoms. The number of likely N-dealkylation sites (tertiary alicyclic amines) is 1. The first-order valence-electron chi connectivity index (χ1n) is 9.96. The average Bonchev–Trinajstić information content (AvgIpc) is 3.40. The van der Waals surface area contributed by atoms with Gasteiger partial charge < -0.3 is 19.5 Å². The highest BCUT2D eigenvalue weighted by Gasteiger charge is 2.46. The monoisotopic (exact) mass is 375 g/mol. The van der Waals surface area contributed by atoms with E-state index < -0.39 is 11.9 Å². The lowest BCUT2D eigenvalue weighted by molar-refractivity contribution is -0.142. The molecule has 148 valence electrons. The van der Waals surface area contributed by atoms with Gasteiger partial charge in [0.05, 0.1) is 19.1 Å². The normalized spacial score (nSPS) is 21.9. The highest BCUT2D eigenvalue weighted by molar-refractivity contribution is 5.95. The summed E-state index contributed by atoms with van der Waals surface area (Å²) in [6, 6.07) is 5.23. The van der Waals surface area contributed by atoms with E-state index in [0.29, 0.717) is 42.7 Å². The lowest BCUT2D eigenvalue weighted by atomic mass is 9.92. The second-order valence-corrected chi connectivity index (χ2v) is 7.45. The van der Waals surface area contributed by atoms with E-state index in [9.17, 15) is 14.7 Å². The fraction of sp³-hybridized carbons (Fsp3) is 0.619. The minimum absolute atomic E-state index is 0.0782. The molecule has 1 heterocycles. The molecule has 6 heteroatoms. The largest absolute Gasteiger partial charge is 0.490 e. The number of ether oxygens (including phenoxy) is 2. The summed E-state index contributed by atoms with van der Waals surface area (Å²) in [6.07, 6.45) is 4.16. The molecule has 1 aromatic carbocycles. The van der Waals surface area contributed by atoms with Gasteiger partial charge in [-0.3, -0.25) is 9.59 Å². The van der Waals surface area contributed by atoms with Gasteiger partial charge in [0.15, 0.2) is 11.5 Å². The summed E-state index contributed by atoms with van der Waals surface area (Å²) < 4.78 is 11.4. The molecule has 1 saturated carbocycles. The van der Waals surface area contributed by atoms with Crippen LogP contribution in [0.2, 0.25) is 0 Å². The molecule has 0 unspecified atom stereocenters. The van der Waals surface area contributed by atoms with Crippen LogP contribution in [0, 0.1) is 17.8 Å². The molecule has 3 rings (SSSR count). The molecule has 2 atom stereocenters. The van der Waals surface area contributed by atoms with Gasteiger partial charge >= 0.3 is 5.97 Å². The van der Waals surface area contributed by atoms with Crippen LogP contribution < -0.4 is 9.47 Å². The molecule has 27 heavy (non-hydrogen) atoms. The minimum atomic E-state index is -0.795. The first kappa shape index (κ1) is 19.5. The van der Waals surface area contributed by atoms with Gasteiger partial charge in [-0.2, -0.15) is 0 Å². The maximum absolute atomic E-state index is 13.0. The molecule has 6 nitrogen and oxygen atoms in total. The number of rotatable bonds is 9.